The van der Waals surface area contributed by atoms with Crippen molar-refractivity contribution in [2.24, 2.45) is 4.99 Å². The Morgan fingerprint density at radius 2 is 2.03 bits per heavy atom. The minimum Gasteiger partial charge on any atom is -0.487 e. The fourth-order valence-corrected chi connectivity index (χ4v) is 3.11. The molecule has 1 aromatic heterocycles. The van der Waals surface area contributed by atoms with E-state index in [0.29, 0.717) is 17.9 Å². The molecule has 0 amide bonds. The highest BCUT2D eigenvalue weighted by atomic mass is 32.1. The number of non-ortho nitro benzene ring substituents is 1. The summed E-state index contributed by atoms with van der Waals surface area (Å²) in [5, 5.41) is 12.8. The SMILES string of the molecule is O=C1OC(c2cccc([N+](=O)[O-])c2)=N/C1=C\c1ccc(OCc2cscn2)cc1. The summed E-state index contributed by atoms with van der Waals surface area (Å²) in [5.41, 5.74) is 3.72. The van der Waals surface area contributed by atoms with Gasteiger partial charge in [-0.05, 0) is 29.8 Å². The van der Waals surface area contributed by atoms with E-state index in [1.54, 1.807) is 41.9 Å². The number of hydrogen-bond acceptors (Lipinski definition) is 8. The summed E-state index contributed by atoms with van der Waals surface area (Å²) < 4.78 is 10.8. The zero-order chi connectivity index (χ0) is 20.2. The number of thiazole rings is 1. The van der Waals surface area contributed by atoms with Crippen LogP contribution in [0.15, 0.2) is 70.1 Å². The van der Waals surface area contributed by atoms with Crippen molar-refractivity contribution in [2.45, 2.75) is 6.61 Å². The zero-order valence-corrected chi connectivity index (χ0v) is 15.7. The summed E-state index contributed by atoms with van der Waals surface area (Å²) >= 11 is 1.51. The van der Waals surface area contributed by atoms with Gasteiger partial charge in [-0.25, -0.2) is 14.8 Å². The first-order valence-electron chi connectivity index (χ1n) is 8.46. The van der Waals surface area contributed by atoms with Gasteiger partial charge in [-0.3, -0.25) is 10.1 Å². The predicted octanol–water partition coefficient (Wildman–Crippen LogP) is 3.97. The van der Waals surface area contributed by atoms with Crippen LogP contribution in [0, 0.1) is 10.1 Å². The molecule has 0 unspecified atom stereocenters. The molecule has 4 rings (SSSR count). The van der Waals surface area contributed by atoms with Gasteiger partial charge in [-0.15, -0.1) is 11.3 Å². The van der Waals surface area contributed by atoms with Gasteiger partial charge in [-0.2, -0.15) is 0 Å². The third-order valence-corrected chi connectivity index (χ3v) is 4.61. The quantitative estimate of drug-likeness (QED) is 0.265. The van der Waals surface area contributed by atoms with Gasteiger partial charge in [0, 0.05) is 23.1 Å². The van der Waals surface area contributed by atoms with E-state index in [1.807, 2.05) is 5.38 Å². The second-order valence-corrected chi connectivity index (χ2v) is 6.70. The maximum absolute atomic E-state index is 12.1. The molecule has 0 saturated heterocycles. The summed E-state index contributed by atoms with van der Waals surface area (Å²) in [5.74, 6) is 0.0958. The predicted molar refractivity (Wildman–Crippen MR) is 107 cm³/mol. The van der Waals surface area contributed by atoms with Gasteiger partial charge in [0.15, 0.2) is 5.70 Å². The number of cyclic esters (lactones) is 1. The Hall–Kier alpha value is -3.85. The fourth-order valence-electron chi connectivity index (χ4n) is 2.57. The molecule has 29 heavy (non-hydrogen) atoms. The van der Waals surface area contributed by atoms with Crippen LogP contribution >= 0.6 is 11.3 Å². The lowest BCUT2D eigenvalue weighted by molar-refractivity contribution is -0.384. The van der Waals surface area contributed by atoms with Crippen molar-refractivity contribution in [1.29, 1.82) is 0 Å². The number of nitro benzene ring substituents is 1. The van der Waals surface area contributed by atoms with Crippen LogP contribution in [0.4, 0.5) is 5.69 Å². The average molecular weight is 407 g/mol. The fraction of sp³-hybridized carbons (Fsp3) is 0.0500. The first-order chi connectivity index (χ1) is 14.1. The molecule has 9 heteroatoms. The number of ether oxygens (including phenoxy) is 2. The Labute approximate surface area is 168 Å². The van der Waals surface area contributed by atoms with Crippen LogP contribution in [0.2, 0.25) is 0 Å². The Balaban J connectivity index is 1.49. The van der Waals surface area contributed by atoms with Crippen LogP contribution in [-0.4, -0.2) is 21.8 Å². The van der Waals surface area contributed by atoms with Crippen molar-refractivity contribution in [3.05, 3.63) is 92.1 Å². The van der Waals surface area contributed by atoms with Crippen molar-refractivity contribution in [3.8, 4) is 5.75 Å². The minimum absolute atomic E-state index is 0.0353. The summed E-state index contributed by atoms with van der Waals surface area (Å²) in [6, 6.07) is 12.9. The van der Waals surface area contributed by atoms with Gasteiger partial charge in [0.2, 0.25) is 5.90 Å². The molecule has 0 aliphatic carbocycles. The van der Waals surface area contributed by atoms with Gasteiger partial charge in [0.25, 0.3) is 5.69 Å². The number of hydrogen-bond donors (Lipinski definition) is 0. The number of aliphatic imine (C=N–C) groups is 1. The molecule has 0 fully saturated rings. The average Bonchev–Trinajstić information content (AvgIpc) is 3.38. The van der Waals surface area contributed by atoms with Crippen molar-refractivity contribution in [2.75, 3.05) is 0 Å². The smallest absolute Gasteiger partial charge is 0.363 e. The Morgan fingerprint density at radius 3 is 2.76 bits per heavy atom. The summed E-state index contributed by atoms with van der Waals surface area (Å²) in [7, 11) is 0. The van der Waals surface area contributed by atoms with Crippen molar-refractivity contribution in [3.63, 3.8) is 0 Å². The van der Waals surface area contributed by atoms with E-state index in [1.165, 1.54) is 29.5 Å². The molecular formula is C20H13N3O5S. The topological polar surface area (TPSA) is 104 Å². The molecule has 0 radical (unpaired) electrons. The molecule has 0 spiro atoms. The van der Waals surface area contributed by atoms with Crippen LogP contribution in [0.1, 0.15) is 16.8 Å². The van der Waals surface area contributed by atoms with Gasteiger partial charge in [-0.1, -0.05) is 18.2 Å². The van der Waals surface area contributed by atoms with E-state index >= 15 is 0 Å². The van der Waals surface area contributed by atoms with Gasteiger partial charge >= 0.3 is 5.97 Å². The maximum Gasteiger partial charge on any atom is 0.363 e. The van der Waals surface area contributed by atoms with E-state index in [9.17, 15) is 14.9 Å². The number of aromatic nitrogens is 1. The Bertz CT molecular complexity index is 1120. The number of carbonyl (C=O) groups is 1. The zero-order valence-electron chi connectivity index (χ0n) is 14.8. The minimum atomic E-state index is -0.615. The number of esters is 1. The Kier molecular flexibility index (Phi) is 5.12. The lowest BCUT2D eigenvalue weighted by atomic mass is 10.2. The molecule has 8 nitrogen and oxygen atoms in total. The molecule has 1 aliphatic heterocycles. The highest BCUT2D eigenvalue weighted by molar-refractivity contribution is 7.07. The van der Waals surface area contributed by atoms with Gasteiger partial charge in [0.05, 0.1) is 16.1 Å². The number of carbonyl (C=O) groups excluding carboxylic acids is 1. The van der Waals surface area contributed by atoms with Crippen LogP contribution < -0.4 is 4.74 Å². The number of nitrogens with zero attached hydrogens (tertiary/aromatic N) is 3. The van der Waals surface area contributed by atoms with Gasteiger partial charge in [0.1, 0.15) is 12.4 Å². The van der Waals surface area contributed by atoms with Crippen molar-refractivity contribution >= 4 is 35.0 Å². The molecule has 144 valence electrons. The second-order valence-electron chi connectivity index (χ2n) is 5.98. The lowest BCUT2D eigenvalue weighted by Crippen LogP contribution is -2.05. The third-order valence-electron chi connectivity index (χ3n) is 3.98. The molecule has 0 bridgehead atoms. The monoisotopic (exact) mass is 407 g/mol. The summed E-state index contributed by atoms with van der Waals surface area (Å²) in [6.45, 7) is 0.382. The van der Waals surface area contributed by atoms with E-state index in [0.717, 1.165) is 11.3 Å². The molecule has 0 N–H and O–H groups in total. The first kappa shape index (κ1) is 18.5. The lowest BCUT2D eigenvalue weighted by Gasteiger charge is -2.04. The first-order valence-corrected chi connectivity index (χ1v) is 9.40. The molecule has 0 atom stereocenters. The molecular weight excluding hydrogens is 394 g/mol. The molecule has 2 aromatic carbocycles. The maximum atomic E-state index is 12.1. The summed E-state index contributed by atoms with van der Waals surface area (Å²) in [6.07, 6.45) is 1.58. The third kappa shape index (κ3) is 4.36. The van der Waals surface area contributed by atoms with Crippen molar-refractivity contribution in [1.82, 2.24) is 4.98 Å². The number of rotatable bonds is 6. The highest BCUT2D eigenvalue weighted by Gasteiger charge is 2.25. The number of nitro groups is 1. The van der Waals surface area contributed by atoms with Crippen LogP contribution in [0.3, 0.4) is 0 Å². The standard InChI is InChI=1S/C20H13N3O5S/c24-20-18(22-19(28-20)14-2-1-3-16(9-14)23(25)26)8-13-4-6-17(7-5-13)27-10-15-11-29-12-21-15/h1-9,11-12H,10H2/b18-8-. The van der Waals surface area contributed by atoms with Crippen LogP contribution in [0.5, 0.6) is 5.75 Å². The normalized spacial score (nSPS) is 14.6. The molecule has 1 aliphatic rings. The Morgan fingerprint density at radius 1 is 1.21 bits per heavy atom. The number of benzene rings is 2. The largest absolute Gasteiger partial charge is 0.487 e. The molecule has 3 aromatic rings. The van der Waals surface area contributed by atoms with E-state index in [4.69, 9.17) is 9.47 Å². The van der Waals surface area contributed by atoms with E-state index in [-0.39, 0.29) is 17.3 Å². The highest BCUT2D eigenvalue weighted by Crippen LogP contribution is 2.22. The molecule has 0 saturated carbocycles. The summed E-state index contributed by atoms with van der Waals surface area (Å²) in [4.78, 5) is 30.8. The van der Waals surface area contributed by atoms with E-state index < -0.39 is 10.9 Å². The van der Waals surface area contributed by atoms with Gasteiger partial charge < -0.3 is 9.47 Å². The van der Waals surface area contributed by atoms with Crippen LogP contribution in [0.25, 0.3) is 6.08 Å². The van der Waals surface area contributed by atoms with Crippen LogP contribution in [-0.2, 0) is 16.1 Å². The second kappa shape index (κ2) is 8.03. The molecule has 2 heterocycles. The van der Waals surface area contributed by atoms with Crippen molar-refractivity contribution < 1.29 is 19.2 Å². The van der Waals surface area contributed by atoms with E-state index in [2.05, 4.69) is 9.98 Å².